The molecule has 1 aromatic carbocycles. The van der Waals surface area contributed by atoms with Crippen LogP contribution in [-0.4, -0.2) is 18.9 Å². The molecule has 0 radical (unpaired) electrons. The molecule has 92 valence electrons. The fraction of sp³-hybridized carbons (Fsp3) is 0.500. The van der Waals surface area contributed by atoms with Gasteiger partial charge in [0.05, 0.1) is 5.02 Å². The SMILES string of the molecule is Cc1cc(Cl)c(C(=O)C2CCCNC2)cc1C. The van der Waals surface area contributed by atoms with Crippen molar-refractivity contribution < 1.29 is 4.79 Å². The highest BCUT2D eigenvalue weighted by molar-refractivity contribution is 6.34. The molecule has 0 aromatic heterocycles. The van der Waals surface area contributed by atoms with Gasteiger partial charge in [-0.1, -0.05) is 11.6 Å². The number of nitrogens with one attached hydrogen (secondary N) is 1. The zero-order valence-corrected chi connectivity index (χ0v) is 11.1. The number of Topliss-reactive ketones (excluding diaryl/α,β-unsaturated/α-hetero) is 1. The van der Waals surface area contributed by atoms with Gasteiger partial charge in [0.1, 0.15) is 0 Å². The molecule has 0 amide bonds. The minimum atomic E-state index is 0.0864. The maximum atomic E-state index is 12.4. The van der Waals surface area contributed by atoms with Gasteiger partial charge in [0.25, 0.3) is 0 Å². The number of carbonyl (C=O) groups excluding carboxylic acids is 1. The number of hydrogen-bond donors (Lipinski definition) is 1. The molecule has 1 heterocycles. The zero-order chi connectivity index (χ0) is 12.4. The molecule has 1 aliphatic rings. The van der Waals surface area contributed by atoms with Crippen LogP contribution >= 0.6 is 11.6 Å². The van der Waals surface area contributed by atoms with Crippen molar-refractivity contribution in [1.29, 1.82) is 0 Å². The van der Waals surface area contributed by atoms with Gasteiger partial charge in [0.15, 0.2) is 5.78 Å². The Kier molecular flexibility index (Phi) is 3.85. The summed E-state index contributed by atoms with van der Waals surface area (Å²) in [6.07, 6.45) is 2.04. The summed E-state index contributed by atoms with van der Waals surface area (Å²) in [5.74, 6) is 0.272. The van der Waals surface area contributed by atoms with E-state index in [1.54, 1.807) is 0 Å². The van der Waals surface area contributed by atoms with E-state index in [1.165, 1.54) is 0 Å². The molecular weight excluding hydrogens is 234 g/mol. The Morgan fingerprint density at radius 1 is 1.35 bits per heavy atom. The smallest absolute Gasteiger partial charge is 0.168 e. The Balaban J connectivity index is 2.26. The quantitative estimate of drug-likeness (QED) is 0.819. The third-order valence-corrected chi connectivity index (χ3v) is 3.83. The average molecular weight is 252 g/mol. The molecule has 1 saturated heterocycles. The van der Waals surface area contributed by atoms with Gasteiger partial charge in [-0.15, -0.1) is 0 Å². The molecule has 1 aliphatic heterocycles. The van der Waals surface area contributed by atoms with Crippen molar-refractivity contribution in [2.45, 2.75) is 26.7 Å². The van der Waals surface area contributed by atoms with Crippen LogP contribution in [0.5, 0.6) is 0 Å². The van der Waals surface area contributed by atoms with E-state index in [0.29, 0.717) is 10.6 Å². The summed E-state index contributed by atoms with van der Waals surface area (Å²) in [5.41, 5.74) is 2.94. The number of carbonyl (C=O) groups is 1. The fourth-order valence-corrected chi connectivity index (χ4v) is 2.58. The highest BCUT2D eigenvalue weighted by atomic mass is 35.5. The van der Waals surface area contributed by atoms with E-state index in [9.17, 15) is 4.79 Å². The first kappa shape index (κ1) is 12.6. The molecule has 1 aromatic rings. The third kappa shape index (κ3) is 2.70. The Morgan fingerprint density at radius 2 is 2.06 bits per heavy atom. The largest absolute Gasteiger partial charge is 0.316 e. The summed E-state index contributed by atoms with van der Waals surface area (Å²) in [6.45, 7) is 5.83. The van der Waals surface area contributed by atoms with E-state index in [4.69, 9.17) is 11.6 Å². The lowest BCUT2D eigenvalue weighted by Gasteiger charge is -2.22. The van der Waals surface area contributed by atoms with Crippen molar-refractivity contribution in [3.63, 3.8) is 0 Å². The van der Waals surface area contributed by atoms with E-state index in [-0.39, 0.29) is 11.7 Å². The van der Waals surface area contributed by atoms with Crippen LogP contribution in [0.15, 0.2) is 12.1 Å². The number of hydrogen-bond acceptors (Lipinski definition) is 2. The Morgan fingerprint density at radius 3 is 2.71 bits per heavy atom. The summed E-state index contributed by atoms with van der Waals surface area (Å²) in [7, 11) is 0. The van der Waals surface area contributed by atoms with Gasteiger partial charge in [-0.25, -0.2) is 0 Å². The van der Waals surface area contributed by atoms with E-state index in [0.717, 1.165) is 37.1 Å². The Bertz CT molecular complexity index is 436. The zero-order valence-electron chi connectivity index (χ0n) is 10.3. The first-order valence-electron chi connectivity index (χ1n) is 6.11. The molecule has 0 aliphatic carbocycles. The number of aryl methyl sites for hydroxylation is 2. The standard InChI is InChI=1S/C14H18ClNO/c1-9-6-12(13(15)7-10(9)2)14(17)11-4-3-5-16-8-11/h6-7,11,16H,3-5,8H2,1-2H3. The van der Waals surface area contributed by atoms with Crippen LogP contribution in [-0.2, 0) is 0 Å². The van der Waals surface area contributed by atoms with Crippen molar-refractivity contribution in [1.82, 2.24) is 5.32 Å². The second-order valence-electron chi connectivity index (χ2n) is 4.82. The molecule has 1 fully saturated rings. The van der Waals surface area contributed by atoms with E-state index in [1.807, 2.05) is 26.0 Å². The number of ketones is 1. The molecular formula is C14H18ClNO. The number of benzene rings is 1. The van der Waals surface area contributed by atoms with E-state index >= 15 is 0 Å². The van der Waals surface area contributed by atoms with Gasteiger partial charge in [-0.2, -0.15) is 0 Å². The van der Waals surface area contributed by atoms with Gasteiger partial charge >= 0.3 is 0 Å². The lowest BCUT2D eigenvalue weighted by atomic mass is 9.90. The summed E-state index contributed by atoms with van der Waals surface area (Å²) in [5, 5.41) is 3.85. The lowest BCUT2D eigenvalue weighted by Crippen LogP contribution is -2.34. The molecule has 1 unspecified atom stereocenters. The molecule has 0 saturated carbocycles. The number of halogens is 1. The summed E-state index contributed by atoms with van der Waals surface area (Å²) >= 11 is 6.17. The van der Waals surface area contributed by atoms with Crippen molar-refractivity contribution >= 4 is 17.4 Å². The molecule has 0 bridgehead atoms. The van der Waals surface area contributed by atoms with Crippen molar-refractivity contribution in [3.05, 3.63) is 33.8 Å². The minimum Gasteiger partial charge on any atom is -0.316 e. The Hall–Kier alpha value is -0.860. The topological polar surface area (TPSA) is 29.1 Å². The van der Waals surface area contributed by atoms with Crippen LogP contribution in [0, 0.1) is 19.8 Å². The highest BCUT2D eigenvalue weighted by Gasteiger charge is 2.24. The van der Waals surface area contributed by atoms with Crippen LogP contribution in [0.4, 0.5) is 0 Å². The molecule has 17 heavy (non-hydrogen) atoms. The highest BCUT2D eigenvalue weighted by Crippen LogP contribution is 2.25. The molecule has 1 N–H and O–H groups in total. The van der Waals surface area contributed by atoms with Crippen molar-refractivity contribution in [3.8, 4) is 0 Å². The van der Waals surface area contributed by atoms with Crippen LogP contribution in [0.2, 0.25) is 5.02 Å². The normalized spacial score (nSPS) is 20.3. The number of rotatable bonds is 2. The maximum Gasteiger partial charge on any atom is 0.168 e. The summed E-state index contributed by atoms with van der Waals surface area (Å²) in [4.78, 5) is 12.4. The van der Waals surface area contributed by atoms with Crippen LogP contribution in [0.3, 0.4) is 0 Å². The molecule has 1 atom stereocenters. The monoisotopic (exact) mass is 251 g/mol. The van der Waals surface area contributed by atoms with Gasteiger partial charge in [-0.05, 0) is 56.5 Å². The average Bonchev–Trinajstić information content (AvgIpc) is 2.34. The first-order chi connectivity index (χ1) is 8.09. The van der Waals surface area contributed by atoms with Crippen molar-refractivity contribution in [2.24, 2.45) is 5.92 Å². The van der Waals surface area contributed by atoms with Crippen LogP contribution in [0.1, 0.15) is 34.3 Å². The van der Waals surface area contributed by atoms with E-state index < -0.39 is 0 Å². The molecule has 2 nitrogen and oxygen atoms in total. The van der Waals surface area contributed by atoms with Gasteiger partial charge in [0, 0.05) is 18.0 Å². The van der Waals surface area contributed by atoms with Gasteiger partial charge < -0.3 is 5.32 Å². The van der Waals surface area contributed by atoms with Crippen LogP contribution < -0.4 is 5.32 Å². The summed E-state index contributed by atoms with van der Waals surface area (Å²) in [6, 6.07) is 3.81. The van der Waals surface area contributed by atoms with Crippen molar-refractivity contribution in [2.75, 3.05) is 13.1 Å². The molecule has 0 spiro atoms. The lowest BCUT2D eigenvalue weighted by molar-refractivity contribution is 0.0900. The van der Waals surface area contributed by atoms with Gasteiger partial charge in [0.2, 0.25) is 0 Å². The predicted octanol–water partition coefficient (Wildman–Crippen LogP) is 3.14. The summed E-state index contributed by atoms with van der Waals surface area (Å²) < 4.78 is 0. The fourth-order valence-electron chi connectivity index (χ4n) is 2.27. The number of piperidine rings is 1. The second-order valence-corrected chi connectivity index (χ2v) is 5.23. The third-order valence-electron chi connectivity index (χ3n) is 3.52. The molecule has 2 rings (SSSR count). The van der Waals surface area contributed by atoms with Crippen LogP contribution in [0.25, 0.3) is 0 Å². The van der Waals surface area contributed by atoms with E-state index in [2.05, 4.69) is 5.32 Å². The molecule has 3 heteroatoms. The Labute approximate surface area is 107 Å². The minimum absolute atomic E-state index is 0.0864. The first-order valence-corrected chi connectivity index (χ1v) is 6.49. The maximum absolute atomic E-state index is 12.4. The second kappa shape index (κ2) is 5.19. The predicted molar refractivity (Wildman–Crippen MR) is 70.9 cm³/mol. The van der Waals surface area contributed by atoms with Gasteiger partial charge in [-0.3, -0.25) is 4.79 Å².